The predicted octanol–water partition coefficient (Wildman–Crippen LogP) is 25.2. The van der Waals surface area contributed by atoms with E-state index in [1.165, 1.54) is 128 Å². The number of carbonyl (C=O) groups excluding carboxylic acids is 3. The first-order valence-electron chi connectivity index (χ1n) is 42.1. The molecule has 0 saturated heterocycles. The molecule has 0 aromatic rings. The zero-order valence-electron chi connectivity index (χ0n) is 67.3. The number of allylic oxidation sites excluding steroid dienone is 24. The lowest BCUT2D eigenvalue weighted by molar-refractivity contribution is -0.161. The fraction of sp³-hybridized carbons (Fsp3) is 0.697. The first kappa shape index (κ1) is 102. The predicted molar refractivity (Wildman–Crippen MR) is 445 cm³/mol. The van der Waals surface area contributed by atoms with Crippen LogP contribution < -0.4 is 0 Å². The van der Waals surface area contributed by atoms with E-state index >= 15 is 0 Å². The van der Waals surface area contributed by atoms with Gasteiger partial charge in [-0.3, -0.25) is 32.5 Å². The molecule has 0 aliphatic heterocycles. The maximum atomic E-state index is 13.0. The van der Waals surface area contributed by atoms with Crippen LogP contribution in [0.4, 0.5) is 0 Å². The van der Waals surface area contributed by atoms with Crippen LogP contribution in [0, 0.1) is 0 Å². The van der Waals surface area contributed by atoms with E-state index in [2.05, 4.69) is 167 Å². The third-order valence-electron chi connectivity index (χ3n) is 17.5. The summed E-state index contributed by atoms with van der Waals surface area (Å²) in [4.78, 5) is 58.7. The van der Waals surface area contributed by atoms with E-state index < -0.39 is 91.5 Å². The van der Waals surface area contributed by atoms with Crippen LogP contribution in [0.1, 0.15) is 342 Å². The molecule has 0 aromatic heterocycles. The van der Waals surface area contributed by atoms with Crippen molar-refractivity contribution in [3.05, 3.63) is 146 Å². The first-order valence-corrected chi connectivity index (χ1v) is 45.1. The quantitative estimate of drug-likeness (QED) is 0.0146. The molecule has 0 saturated carbocycles. The number of unbranched alkanes of at least 4 members (excludes halogenated alkanes) is 32. The number of phosphoric acid groups is 2. The van der Waals surface area contributed by atoms with Gasteiger partial charge in [0.2, 0.25) is 0 Å². The molecule has 16 nitrogen and oxygen atoms in total. The second kappa shape index (κ2) is 80.9. The summed E-state index contributed by atoms with van der Waals surface area (Å²) in [5.74, 6) is -1.61. The monoisotopic (exact) mass is 1540 g/mol. The smallest absolute Gasteiger partial charge is 0.463 e. The molecule has 0 aliphatic rings. The molecular weight excluding hydrogens is 1390 g/mol. The van der Waals surface area contributed by atoms with Crippen molar-refractivity contribution in [2.24, 2.45) is 0 Å². The Labute approximate surface area is 651 Å². The second-order valence-electron chi connectivity index (χ2n) is 27.9. The molecule has 5 atom stereocenters. The molecule has 0 aliphatic carbocycles. The topological polar surface area (TPSA) is 231 Å². The minimum Gasteiger partial charge on any atom is -0.463 e. The van der Waals surface area contributed by atoms with Crippen molar-refractivity contribution in [2.75, 3.05) is 39.6 Å². The van der Waals surface area contributed by atoms with Gasteiger partial charge in [0.05, 0.1) is 26.4 Å². The van der Waals surface area contributed by atoms with Crippen molar-refractivity contribution >= 4 is 33.6 Å². The Morgan fingerprint density at radius 2 is 0.495 bits per heavy atom. The van der Waals surface area contributed by atoms with Crippen LogP contribution in [-0.2, 0) is 55.8 Å². The fourth-order valence-corrected chi connectivity index (χ4v) is 12.8. The van der Waals surface area contributed by atoms with Gasteiger partial charge in [-0.15, -0.1) is 0 Å². The summed E-state index contributed by atoms with van der Waals surface area (Å²) in [6, 6.07) is 0. The summed E-state index contributed by atoms with van der Waals surface area (Å²) < 4.78 is 61.2. The Balaban J connectivity index is 4.43. The third-order valence-corrected chi connectivity index (χ3v) is 19.4. The summed E-state index contributed by atoms with van der Waals surface area (Å²) in [5.41, 5.74) is 0. The largest absolute Gasteiger partial charge is 0.472 e. The highest BCUT2D eigenvalue weighted by Crippen LogP contribution is 2.45. The summed E-state index contributed by atoms with van der Waals surface area (Å²) in [7, 11) is -9.81. The SMILES string of the molecule is CC/C=C\C/C=C\C/C=C\C/C=C\C/C=C\CCCCCCCC(=O)OCC(COP(=O)(O)OCC(O)COP(=O)(O)OCC(O)COC(=O)CCCCCCCCCCCCCCCCCCCCC/C=C\C/C=C\C/C=C\C/C=C\CCCCC)OC(=O)CCCCCCC/C=C\C/C=C\C/C=C\CC. The van der Waals surface area contributed by atoms with Crippen LogP contribution in [0.25, 0.3) is 0 Å². The minimum atomic E-state index is -4.94. The Hall–Kier alpha value is -4.57. The fourth-order valence-electron chi connectivity index (χ4n) is 11.2. The van der Waals surface area contributed by atoms with E-state index in [4.69, 9.17) is 32.3 Å². The average Bonchev–Trinajstić information content (AvgIpc) is 1.01. The number of phosphoric ester groups is 2. The van der Waals surface area contributed by atoms with Gasteiger partial charge in [0.15, 0.2) is 6.10 Å². The molecule has 614 valence electrons. The molecule has 0 spiro atoms. The van der Waals surface area contributed by atoms with E-state index in [1.54, 1.807) is 0 Å². The zero-order valence-corrected chi connectivity index (χ0v) is 69.1. The molecule has 0 fully saturated rings. The summed E-state index contributed by atoms with van der Waals surface area (Å²) in [5, 5.41) is 20.7. The van der Waals surface area contributed by atoms with Gasteiger partial charge in [-0.1, -0.05) is 327 Å². The van der Waals surface area contributed by atoms with Gasteiger partial charge in [0.1, 0.15) is 25.4 Å². The standard InChI is InChI=1S/C89H152O16P2/c1-4-7-10-13-16-19-22-25-28-30-32-34-35-36-37-38-39-40-41-42-43-44-45-46-47-49-51-52-55-57-60-63-66-69-72-75-87(92)99-78-84(90)79-101-106(95,96)102-80-85(91)81-103-107(97,98)104-83-86(105-89(94)77-74-71-68-65-62-59-54-27-24-21-18-15-12-9-6-3)82-100-88(93)76-73-70-67-64-61-58-56-53-50-48-33-31-29-26-23-20-17-14-11-8-5-2/h8-9,11-12,16-21,25-29,32-34,36-37,48,53-54,56,84-86,90-91H,4-7,10,13-15,22-24,30-31,35,38-47,49-52,55,57-83H2,1-3H3,(H,95,96)(H,97,98)/b11-8-,12-9-,19-16-,20-17-,21-18-,28-25-,29-26-,34-32-,37-36-,48-33-,54-27-,56-53-. The normalized spacial score (nSPS) is 14.6. The summed E-state index contributed by atoms with van der Waals surface area (Å²) >= 11 is 0. The van der Waals surface area contributed by atoms with Gasteiger partial charge >= 0.3 is 33.6 Å². The number of aliphatic hydroxyl groups is 2. The van der Waals surface area contributed by atoms with Crippen LogP contribution >= 0.6 is 15.6 Å². The maximum Gasteiger partial charge on any atom is 0.472 e. The molecule has 0 rings (SSSR count). The summed E-state index contributed by atoms with van der Waals surface area (Å²) in [6.45, 7) is 2.40. The number of aliphatic hydroxyl groups excluding tert-OH is 2. The minimum absolute atomic E-state index is 0.0768. The lowest BCUT2D eigenvalue weighted by atomic mass is 10.0. The van der Waals surface area contributed by atoms with Crippen LogP contribution in [-0.4, -0.2) is 95.9 Å². The van der Waals surface area contributed by atoms with E-state index in [0.29, 0.717) is 19.3 Å². The molecule has 0 heterocycles. The zero-order chi connectivity index (χ0) is 78.0. The van der Waals surface area contributed by atoms with E-state index in [0.717, 1.165) is 154 Å². The van der Waals surface area contributed by atoms with Gasteiger partial charge < -0.3 is 34.2 Å². The maximum absolute atomic E-state index is 13.0. The highest BCUT2D eigenvalue weighted by Gasteiger charge is 2.29. The summed E-state index contributed by atoms with van der Waals surface area (Å²) in [6.07, 6.45) is 101. The van der Waals surface area contributed by atoms with Gasteiger partial charge in [-0.05, 0) is 141 Å². The van der Waals surface area contributed by atoms with Crippen molar-refractivity contribution in [1.82, 2.24) is 0 Å². The Morgan fingerprint density at radius 3 is 0.785 bits per heavy atom. The van der Waals surface area contributed by atoms with Crippen LogP contribution in [0.3, 0.4) is 0 Å². The van der Waals surface area contributed by atoms with Gasteiger partial charge in [-0.25, -0.2) is 9.13 Å². The average molecular weight is 1540 g/mol. The molecule has 0 amide bonds. The Morgan fingerprint density at radius 1 is 0.271 bits per heavy atom. The van der Waals surface area contributed by atoms with Crippen LogP contribution in [0.2, 0.25) is 0 Å². The highest BCUT2D eigenvalue weighted by molar-refractivity contribution is 7.47. The molecule has 5 unspecified atom stereocenters. The first-order chi connectivity index (χ1) is 52.2. The molecule has 0 bridgehead atoms. The molecule has 18 heteroatoms. The van der Waals surface area contributed by atoms with Crippen molar-refractivity contribution < 1.29 is 75.8 Å². The molecule has 4 N–H and O–H groups in total. The van der Waals surface area contributed by atoms with Crippen molar-refractivity contribution in [1.29, 1.82) is 0 Å². The van der Waals surface area contributed by atoms with Crippen molar-refractivity contribution in [3.8, 4) is 0 Å². The third kappa shape index (κ3) is 82.2. The molecule has 0 aromatic carbocycles. The van der Waals surface area contributed by atoms with Crippen LogP contribution in [0.15, 0.2) is 146 Å². The Bertz CT molecular complexity index is 2530. The van der Waals surface area contributed by atoms with Gasteiger partial charge in [-0.2, -0.15) is 0 Å². The molecule has 107 heavy (non-hydrogen) atoms. The lowest BCUT2D eigenvalue weighted by Crippen LogP contribution is -2.30. The molecular formula is C89H152O16P2. The number of carbonyl (C=O) groups is 3. The van der Waals surface area contributed by atoms with Gasteiger partial charge in [0.25, 0.3) is 0 Å². The number of hydrogen-bond acceptors (Lipinski definition) is 14. The number of ether oxygens (including phenoxy) is 3. The van der Waals surface area contributed by atoms with Crippen LogP contribution in [0.5, 0.6) is 0 Å². The number of hydrogen-bond donors (Lipinski definition) is 4. The van der Waals surface area contributed by atoms with Gasteiger partial charge in [0, 0.05) is 19.3 Å². The number of esters is 3. The van der Waals surface area contributed by atoms with Crippen molar-refractivity contribution in [3.63, 3.8) is 0 Å². The second-order valence-corrected chi connectivity index (χ2v) is 30.8. The lowest BCUT2D eigenvalue weighted by Gasteiger charge is -2.21. The van der Waals surface area contributed by atoms with E-state index in [1.807, 2.05) is 0 Å². The van der Waals surface area contributed by atoms with E-state index in [-0.39, 0.29) is 19.3 Å². The van der Waals surface area contributed by atoms with Crippen molar-refractivity contribution in [2.45, 2.75) is 360 Å². The highest BCUT2D eigenvalue weighted by atomic mass is 31.2. The number of rotatable bonds is 79. The van der Waals surface area contributed by atoms with E-state index in [9.17, 15) is 43.5 Å². The molecule has 0 radical (unpaired) electrons. The Kier molecular flexibility index (Phi) is 77.5.